The molecule has 0 saturated heterocycles. The van der Waals surface area contributed by atoms with E-state index in [1.807, 2.05) is 48.5 Å². The maximum atomic E-state index is 13.7. The zero-order valence-corrected chi connectivity index (χ0v) is 19.6. The molecule has 37 heavy (non-hydrogen) atoms. The predicted molar refractivity (Wildman–Crippen MR) is 135 cm³/mol. The highest BCUT2D eigenvalue weighted by Gasteiger charge is 2.41. The van der Waals surface area contributed by atoms with Crippen molar-refractivity contribution in [1.82, 2.24) is 24.5 Å². The van der Waals surface area contributed by atoms with E-state index in [1.165, 1.54) is 0 Å². The summed E-state index contributed by atoms with van der Waals surface area (Å²) < 4.78 is 3.58. The fourth-order valence-corrected chi connectivity index (χ4v) is 4.90. The Balaban J connectivity index is 1.36. The van der Waals surface area contributed by atoms with Gasteiger partial charge in [-0.3, -0.25) is 19.6 Å². The van der Waals surface area contributed by atoms with Crippen LogP contribution in [0.4, 0.5) is 0 Å². The smallest absolute Gasteiger partial charge is 0.245 e. The minimum Gasteiger partial charge on any atom is -0.284 e. The monoisotopic (exact) mass is 483 g/mol. The van der Waals surface area contributed by atoms with Crippen molar-refractivity contribution < 1.29 is 14.2 Å². The van der Waals surface area contributed by atoms with Gasteiger partial charge in [0.2, 0.25) is 29.3 Å². The van der Waals surface area contributed by atoms with Crippen LogP contribution in [0, 0.1) is 0 Å². The van der Waals surface area contributed by atoms with E-state index in [0.29, 0.717) is 33.9 Å². The van der Waals surface area contributed by atoms with Gasteiger partial charge in [-0.2, -0.15) is 0 Å². The summed E-state index contributed by atoms with van der Waals surface area (Å²) in [5.41, 5.74) is 6.00. The Morgan fingerprint density at radius 2 is 1.19 bits per heavy atom. The number of aromatic nitrogens is 6. The van der Waals surface area contributed by atoms with E-state index in [1.54, 1.807) is 52.1 Å². The Morgan fingerprint density at radius 3 is 1.86 bits per heavy atom. The van der Waals surface area contributed by atoms with Gasteiger partial charge in [-0.1, -0.05) is 48.5 Å². The lowest BCUT2D eigenvalue weighted by atomic mass is 9.90. The molecule has 0 unspecified atom stereocenters. The van der Waals surface area contributed by atoms with Crippen LogP contribution in [0.15, 0.2) is 91.5 Å². The summed E-state index contributed by atoms with van der Waals surface area (Å²) in [5.74, 6) is -0.385. The summed E-state index contributed by atoms with van der Waals surface area (Å²) in [7, 11) is 0. The molecule has 3 heterocycles. The molecule has 3 aromatic heterocycles. The highest BCUT2D eigenvalue weighted by Crippen LogP contribution is 2.26. The lowest BCUT2D eigenvalue weighted by Gasteiger charge is -2.13. The zero-order valence-electron chi connectivity index (χ0n) is 19.6. The van der Waals surface area contributed by atoms with Crippen LogP contribution >= 0.6 is 0 Å². The fraction of sp³-hybridized carbons (Fsp3) is 0.0690. The highest BCUT2D eigenvalue weighted by molar-refractivity contribution is 6.26. The molecule has 6 aromatic rings. The van der Waals surface area contributed by atoms with Crippen LogP contribution in [0.25, 0.3) is 22.1 Å². The zero-order chi connectivity index (χ0) is 24.9. The Kier molecular flexibility index (Phi) is 4.72. The molecule has 0 radical (unpaired) electrons. The number of ketones is 2. The van der Waals surface area contributed by atoms with Crippen LogP contribution in [0.1, 0.15) is 43.5 Å². The van der Waals surface area contributed by atoms with Crippen molar-refractivity contribution in [3.63, 3.8) is 0 Å². The molecule has 8 nitrogen and oxygen atoms in total. The summed E-state index contributed by atoms with van der Waals surface area (Å²) >= 11 is 0. The molecule has 0 atom stereocenters. The fourth-order valence-electron chi connectivity index (χ4n) is 4.90. The van der Waals surface area contributed by atoms with E-state index in [4.69, 9.17) is 9.97 Å². The normalized spacial score (nSPS) is 12.6. The maximum absolute atomic E-state index is 13.7. The van der Waals surface area contributed by atoms with Crippen LogP contribution < -0.4 is 4.57 Å². The molecule has 7 rings (SSSR count). The molecule has 3 aromatic carbocycles. The second-order valence-electron chi connectivity index (χ2n) is 8.97. The first kappa shape index (κ1) is 21.2. The topological polar surface area (TPSA) is 94.5 Å². The SMILES string of the molecule is O=C1c2ccccc2C(=O)c2c1n(Cc1cnc3ccccc3n1)c[n+]2Cc1cnc2ccccc2n1. The standard InChI is InChI=1S/C29H19N6O2/c36-28-20-7-1-2-8-21(20)29(37)27-26(28)34(15-18-13-30-22-9-3-5-11-24(22)32-18)17-35(27)16-19-14-31-23-10-4-6-12-25(23)33-19/h1-14,17H,15-16H2/q+1. The van der Waals surface area contributed by atoms with E-state index >= 15 is 0 Å². The molecule has 0 fully saturated rings. The Bertz CT molecular complexity index is 1760. The summed E-state index contributed by atoms with van der Waals surface area (Å²) in [6, 6.07) is 22.2. The van der Waals surface area contributed by atoms with E-state index in [9.17, 15) is 9.59 Å². The molecule has 0 spiro atoms. The second kappa shape index (κ2) is 8.23. The summed E-state index contributed by atoms with van der Waals surface area (Å²) in [6.07, 6.45) is 5.20. The van der Waals surface area contributed by atoms with Crippen molar-refractivity contribution in [2.45, 2.75) is 13.1 Å². The average molecular weight is 484 g/mol. The van der Waals surface area contributed by atoms with Gasteiger partial charge in [0.15, 0.2) is 0 Å². The van der Waals surface area contributed by atoms with Gasteiger partial charge < -0.3 is 0 Å². The number of imidazole rings is 1. The van der Waals surface area contributed by atoms with Crippen LogP contribution in [0.5, 0.6) is 0 Å². The van der Waals surface area contributed by atoms with E-state index in [-0.39, 0.29) is 24.7 Å². The number of hydrogen-bond acceptors (Lipinski definition) is 6. The quantitative estimate of drug-likeness (QED) is 0.356. The van der Waals surface area contributed by atoms with Gasteiger partial charge in [0.1, 0.15) is 24.5 Å². The number of hydrogen-bond donors (Lipinski definition) is 0. The Hall–Kier alpha value is -5.11. The molecule has 176 valence electrons. The molecule has 0 saturated carbocycles. The van der Waals surface area contributed by atoms with Gasteiger partial charge in [-0.05, 0) is 24.3 Å². The largest absolute Gasteiger partial charge is 0.284 e. The van der Waals surface area contributed by atoms with Crippen molar-refractivity contribution in [2.75, 3.05) is 0 Å². The third-order valence-electron chi connectivity index (χ3n) is 6.59. The molecule has 0 N–H and O–H groups in total. The van der Waals surface area contributed by atoms with Gasteiger partial charge in [-0.15, -0.1) is 0 Å². The van der Waals surface area contributed by atoms with Crippen molar-refractivity contribution in [2.24, 2.45) is 0 Å². The number of para-hydroxylation sites is 4. The molecule has 1 aliphatic carbocycles. The van der Waals surface area contributed by atoms with Gasteiger partial charge in [0.25, 0.3) is 0 Å². The Labute approximate surface area is 210 Å². The van der Waals surface area contributed by atoms with Gasteiger partial charge >= 0.3 is 0 Å². The summed E-state index contributed by atoms with van der Waals surface area (Å²) in [5, 5.41) is 0. The number of carbonyl (C=O) groups excluding carboxylic acids is 2. The summed E-state index contributed by atoms with van der Waals surface area (Å²) in [6.45, 7) is 0.579. The molecular weight excluding hydrogens is 464 g/mol. The first-order chi connectivity index (χ1) is 18.2. The van der Waals surface area contributed by atoms with Gasteiger partial charge in [0, 0.05) is 11.1 Å². The van der Waals surface area contributed by atoms with Crippen molar-refractivity contribution in [3.05, 3.63) is 125 Å². The molecule has 0 amide bonds. The Morgan fingerprint density at radius 1 is 0.649 bits per heavy atom. The molecular formula is C29H19N6O2+. The molecule has 1 aliphatic rings. The number of carbonyl (C=O) groups is 2. The number of nitrogens with zero attached hydrogens (tertiary/aromatic N) is 6. The van der Waals surface area contributed by atoms with Gasteiger partial charge in [-0.25, -0.2) is 19.1 Å². The van der Waals surface area contributed by atoms with Gasteiger partial charge in [0.05, 0.1) is 34.5 Å². The highest BCUT2D eigenvalue weighted by atomic mass is 16.1. The van der Waals surface area contributed by atoms with Crippen LogP contribution in [-0.2, 0) is 13.1 Å². The average Bonchev–Trinajstić information content (AvgIpc) is 3.29. The first-order valence-electron chi connectivity index (χ1n) is 11.9. The second-order valence-corrected chi connectivity index (χ2v) is 8.97. The van der Waals surface area contributed by atoms with E-state index < -0.39 is 0 Å². The van der Waals surface area contributed by atoms with Crippen molar-refractivity contribution in [1.29, 1.82) is 0 Å². The lowest BCUT2D eigenvalue weighted by molar-refractivity contribution is -0.690. The third kappa shape index (κ3) is 3.49. The number of fused-ring (bicyclic) bond motifs is 4. The number of rotatable bonds is 4. The third-order valence-corrected chi connectivity index (χ3v) is 6.59. The van der Waals surface area contributed by atoms with E-state index in [0.717, 1.165) is 22.1 Å². The van der Waals surface area contributed by atoms with E-state index in [2.05, 4.69) is 9.97 Å². The van der Waals surface area contributed by atoms with Crippen molar-refractivity contribution >= 4 is 33.6 Å². The predicted octanol–water partition coefficient (Wildman–Crippen LogP) is 3.53. The maximum Gasteiger partial charge on any atom is 0.245 e. The molecule has 0 bridgehead atoms. The minimum atomic E-state index is -0.192. The molecule has 0 aliphatic heterocycles. The van der Waals surface area contributed by atoms with Crippen molar-refractivity contribution in [3.8, 4) is 0 Å². The first-order valence-corrected chi connectivity index (χ1v) is 11.9. The van der Waals surface area contributed by atoms with Crippen LogP contribution in [-0.4, -0.2) is 36.1 Å². The molecule has 8 heteroatoms. The minimum absolute atomic E-state index is 0.192. The summed E-state index contributed by atoms with van der Waals surface area (Å²) in [4.78, 5) is 45.8. The van der Waals surface area contributed by atoms with Crippen LogP contribution in [0.2, 0.25) is 0 Å². The lowest BCUT2D eigenvalue weighted by Crippen LogP contribution is -2.41. The van der Waals surface area contributed by atoms with Crippen LogP contribution in [0.3, 0.4) is 0 Å². The number of benzene rings is 3.